The Labute approximate surface area is 619 Å². The van der Waals surface area contributed by atoms with Crippen LogP contribution in [0.3, 0.4) is 0 Å². The molecule has 4 saturated heterocycles. The number of carbonyl (C=O) groups is 4. The van der Waals surface area contributed by atoms with Crippen LogP contribution in [0.5, 0.6) is 0 Å². The highest BCUT2D eigenvalue weighted by atomic mass is 19.1. The third-order valence-corrected chi connectivity index (χ3v) is 21.3. The molecule has 2 amide bonds. The molecular formula is C75H91F2N11O20. The van der Waals surface area contributed by atoms with Gasteiger partial charge in [-0.2, -0.15) is 0 Å². The zero-order valence-electron chi connectivity index (χ0n) is 59.6. The molecule has 2 saturated carbocycles. The van der Waals surface area contributed by atoms with Crippen molar-refractivity contribution in [1.29, 1.82) is 0 Å². The van der Waals surface area contributed by atoms with E-state index < -0.39 is 177 Å². The Kier molecular flexibility index (Phi) is 25.0. The second-order valence-corrected chi connectivity index (χ2v) is 28.5. The van der Waals surface area contributed by atoms with Gasteiger partial charge in [0, 0.05) is 54.6 Å². The summed E-state index contributed by atoms with van der Waals surface area (Å²) in [6, 6.07) is 24.9. The highest BCUT2D eigenvalue weighted by molar-refractivity contribution is 5.89. The predicted molar refractivity (Wildman–Crippen MR) is 372 cm³/mol. The van der Waals surface area contributed by atoms with Crippen molar-refractivity contribution in [2.45, 2.75) is 220 Å². The summed E-state index contributed by atoms with van der Waals surface area (Å²) in [6.45, 7) is 5.09. The summed E-state index contributed by atoms with van der Waals surface area (Å²) < 4.78 is 84.8. The van der Waals surface area contributed by atoms with Crippen LogP contribution < -0.4 is 5.32 Å². The van der Waals surface area contributed by atoms with Crippen molar-refractivity contribution in [3.63, 3.8) is 0 Å². The molecule has 33 heteroatoms. The zero-order valence-corrected chi connectivity index (χ0v) is 59.6. The van der Waals surface area contributed by atoms with Gasteiger partial charge in [-0.15, -0.1) is 15.3 Å². The number of carbonyl (C=O) groups excluding carboxylic acids is 4. The number of ketones is 1. The maximum atomic E-state index is 15.3. The number of rotatable bonds is 27. The van der Waals surface area contributed by atoms with Gasteiger partial charge in [-0.1, -0.05) is 109 Å². The number of ether oxygens (including phenoxy) is 8. The predicted octanol–water partition coefficient (Wildman–Crippen LogP) is 3.34. The van der Waals surface area contributed by atoms with Crippen LogP contribution >= 0.6 is 0 Å². The van der Waals surface area contributed by atoms with E-state index in [-0.39, 0.29) is 86.6 Å². The summed E-state index contributed by atoms with van der Waals surface area (Å²) in [5.74, 6) is -5.12. The number of Topliss-reactive ketones (excluding diaryl/α,β-unsaturated/α-hetero) is 1. The fourth-order valence-corrected chi connectivity index (χ4v) is 15.2. The smallest absolute Gasteiger partial charge is 0.338 e. The molecule has 7 aromatic rings. The number of esters is 1. The highest BCUT2D eigenvalue weighted by Crippen LogP contribution is 2.44. The molecule has 31 nitrogen and oxygen atoms in total. The number of aromatic nitrogens is 9. The van der Waals surface area contributed by atoms with E-state index in [4.69, 9.17) is 37.9 Å². The van der Waals surface area contributed by atoms with Crippen molar-refractivity contribution >= 4 is 23.6 Å². The Morgan fingerprint density at radius 2 is 1.17 bits per heavy atom. The van der Waals surface area contributed by atoms with Crippen LogP contribution in [0.2, 0.25) is 0 Å². The quantitative estimate of drug-likeness (QED) is 0.0263. The van der Waals surface area contributed by atoms with Gasteiger partial charge >= 0.3 is 5.97 Å². The summed E-state index contributed by atoms with van der Waals surface area (Å²) in [7, 11) is 0. The van der Waals surface area contributed by atoms with Gasteiger partial charge in [-0.25, -0.2) is 27.6 Å². The molecule has 2 aliphatic carbocycles. The normalized spacial score (nSPS) is 32.5. The molecule has 24 atom stereocenters. The van der Waals surface area contributed by atoms with Crippen LogP contribution in [0, 0.1) is 23.5 Å². The largest absolute Gasteiger partial charge is 0.450 e. The minimum Gasteiger partial charge on any atom is -0.450 e. The Bertz CT molecular complexity index is 4160. The van der Waals surface area contributed by atoms with Crippen molar-refractivity contribution in [2.75, 3.05) is 26.2 Å². The number of hydrogen-bond acceptors (Lipinski definition) is 26. The molecule has 4 aromatic carbocycles. The molecule has 13 rings (SSSR count). The molecule has 108 heavy (non-hydrogen) atoms. The summed E-state index contributed by atoms with van der Waals surface area (Å²) in [5, 5.41) is 122. The molecule has 580 valence electrons. The SMILES string of the molecule is CCC[C@H](OC1C(OC(=O)c2ccccc2)[C@H](O[C@@H]2CC(C(=O)CCCNC(=O)[C@H]3CC(n4cc(-c5cccc(F)c5)nn4)C(O)[C@H](O[C@@H]4OC(CC)[C@H](O)[C@@H](n5cc(-c6cccc(F)c6)nn5)C4O)C3)C[C@@H](n3cc(-c4ccccc4)nn3)C2O[C@@H]2OC(C)[C@@H](O)[C@H](O)C2O)O[C@@H](CO)[C@@H]1O)C(=O)N1CCC1. The molecule has 4 aliphatic heterocycles. The minimum absolute atomic E-state index is 0.0474. The van der Waals surface area contributed by atoms with Crippen molar-refractivity contribution in [1.82, 2.24) is 55.2 Å². The van der Waals surface area contributed by atoms with Gasteiger partial charge in [-0.05, 0) is 94.7 Å². The maximum absolute atomic E-state index is 15.3. The number of amides is 2. The van der Waals surface area contributed by atoms with Gasteiger partial charge in [0.25, 0.3) is 5.91 Å². The molecule has 7 heterocycles. The van der Waals surface area contributed by atoms with Gasteiger partial charge in [0.2, 0.25) is 5.91 Å². The third kappa shape index (κ3) is 17.1. The number of likely N-dealkylation sites (tertiary alicyclic amines) is 1. The van der Waals surface area contributed by atoms with E-state index in [1.54, 1.807) is 60.5 Å². The number of hydrogen-bond donors (Lipinski definition) is 9. The fourth-order valence-electron chi connectivity index (χ4n) is 15.2. The Hall–Kier alpha value is -8.36. The Balaban J connectivity index is 0.778. The summed E-state index contributed by atoms with van der Waals surface area (Å²) >= 11 is 0. The Morgan fingerprint density at radius 1 is 0.583 bits per heavy atom. The van der Waals surface area contributed by atoms with Gasteiger partial charge < -0.3 is 89.0 Å². The minimum atomic E-state index is -1.86. The van der Waals surface area contributed by atoms with Gasteiger partial charge in [0.05, 0.1) is 67.3 Å². The number of aliphatic hydroxyl groups is 8. The molecule has 10 unspecified atom stereocenters. The third-order valence-electron chi connectivity index (χ3n) is 21.3. The lowest BCUT2D eigenvalue weighted by Crippen LogP contribution is -2.64. The van der Waals surface area contributed by atoms with Crippen molar-refractivity contribution < 1.29 is 107 Å². The molecule has 6 fully saturated rings. The fraction of sp³-hybridized carbons (Fsp3) is 0.547. The van der Waals surface area contributed by atoms with Gasteiger partial charge in [-0.3, -0.25) is 14.4 Å². The summed E-state index contributed by atoms with van der Waals surface area (Å²) in [5.41, 5.74) is 2.41. The zero-order chi connectivity index (χ0) is 76.0. The summed E-state index contributed by atoms with van der Waals surface area (Å²) in [4.78, 5) is 60.1. The average Bonchev–Trinajstić information content (AvgIpc) is 1.19. The van der Waals surface area contributed by atoms with Crippen LogP contribution in [-0.4, -0.2) is 257 Å². The number of halogens is 2. The van der Waals surface area contributed by atoms with Gasteiger partial charge in [0.1, 0.15) is 108 Å². The lowest BCUT2D eigenvalue weighted by Gasteiger charge is -2.49. The second kappa shape index (κ2) is 34.7. The molecule has 0 bridgehead atoms. The van der Waals surface area contributed by atoms with E-state index in [0.29, 0.717) is 41.9 Å². The molecule has 9 N–H and O–H groups in total. The number of benzene rings is 4. The van der Waals surface area contributed by atoms with Crippen molar-refractivity contribution in [2.24, 2.45) is 11.8 Å². The van der Waals surface area contributed by atoms with E-state index in [0.717, 1.165) is 6.42 Å². The number of nitrogens with zero attached hydrogens (tertiary/aromatic N) is 10. The van der Waals surface area contributed by atoms with Crippen molar-refractivity contribution in [3.05, 3.63) is 145 Å². The monoisotopic (exact) mass is 1500 g/mol. The van der Waals surface area contributed by atoms with E-state index in [1.165, 1.54) is 81.9 Å². The first-order valence-electron chi connectivity index (χ1n) is 36.8. The molecule has 0 radical (unpaired) electrons. The van der Waals surface area contributed by atoms with Crippen LogP contribution in [0.15, 0.2) is 128 Å². The standard InChI is InChI=1S/C75H91F2N11O20/c1-4-16-55(71(99)85-27-15-28-85)102-68-63(94)58(38-89)106-75(69(68)107-72(100)41-19-10-7-11-20-41)105-57-33-44(31-52(87-35-48(79-83-87)40-17-8-6-9-18-40)67(57)108-74-66(97)65(96)60(91)39(3)101-74)53(90)25-14-26-78-70(98)45-32-51(86-36-49(80-82-86)42-21-12-23-46(76)29-42)61(92)56(34-45)104-73-64(95)59(62(93)54(5-2)103-73)88-37-50(81-84-88)43-22-13-24-47(77)30-43/h6-13,17-24,29-30,35-37,39,44-45,51-52,54-69,73-75,89,91-97H,4-5,14-16,25-28,31-34,38H2,1-3H3,(H,78,98)/t39?,44?,45-,51?,52+,54?,55-,56+,57+,58-,59+,60+,61?,62-,63-,64?,65-,66?,67?,68?,69?,73-,74-,75+/m0/s1. The van der Waals surface area contributed by atoms with E-state index in [2.05, 4.69) is 36.3 Å². The highest BCUT2D eigenvalue weighted by Gasteiger charge is 2.56. The van der Waals surface area contributed by atoms with Crippen LogP contribution in [0.25, 0.3) is 33.8 Å². The molecule has 3 aromatic heterocycles. The average molecular weight is 1500 g/mol. The van der Waals surface area contributed by atoms with Crippen LogP contribution in [-0.2, 0) is 52.3 Å². The van der Waals surface area contributed by atoms with E-state index in [9.17, 15) is 64.0 Å². The number of aliphatic hydroxyl groups excluding tert-OH is 8. The lowest BCUT2D eigenvalue weighted by molar-refractivity contribution is -0.348. The number of nitrogens with one attached hydrogen (secondary N) is 1. The maximum Gasteiger partial charge on any atom is 0.338 e. The second-order valence-electron chi connectivity index (χ2n) is 28.5. The first kappa shape index (κ1) is 77.8. The summed E-state index contributed by atoms with van der Waals surface area (Å²) in [6.07, 6.45) is -22.9. The molecule has 0 spiro atoms. The Morgan fingerprint density at radius 3 is 1.80 bits per heavy atom. The van der Waals surface area contributed by atoms with Gasteiger partial charge in [0.15, 0.2) is 25.0 Å². The molecule has 6 aliphatic rings. The topological polar surface area (TPSA) is 411 Å². The van der Waals surface area contributed by atoms with Crippen LogP contribution in [0.4, 0.5) is 8.78 Å². The first-order valence-corrected chi connectivity index (χ1v) is 36.8. The first-order chi connectivity index (χ1) is 52.2. The van der Waals surface area contributed by atoms with Crippen molar-refractivity contribution in [3.8, 4) is 33.8 Å². The van der Waals surface area contributed by atoms with E-state index in [1.807, 2.05) is 25.1 Å². The van der Waals surface area contributed by atoms with Crippen LogP contribution in [0.1, 0.15) is 113 Å². The molecular weight excluding hydrogens is 1410 g/mol. The van der Waals surface area contributed by atoms with E-state index >= 15 is 4.79 Å². The lowest BCUT2D eigenvalue weighted by atomic mass is 9.78.